The van der Waals surface area contributed by atoms with Crippen LogP contribution in [0.3, 0.4) is 0 Å². The first-order chi connectivity index (χ1) is 14.7. The van der Waals surface area contributed by atoms with Gasteiger partial charge in [0.15, 0.2) is 5.96 Å². The molecule has 1 aliphatic heterocycles. The zero-order valence-electron chi connectivity index (χ0n) is 17.1. The highest BCUT2D eigenvalue weighted by Crippen LogP contribution is 2.19. The molecule has 4 rings (SSSR count). The van der Waals surface area contributed by atoms with Crippen LogP contribution in [0.25, 0.3) is 0 Å². The van der Waals surface area contributed by atoms with Crippen molar-refractivity contribution < 1.29 is 4.92 Å². The van der Waals surface area contributed by atoms with Crippen LogP contribution in [0, 0.1) is 10.1 Å². The maximum atomic E-state index is 10.9. The molecule has 0 radical (unpaired) electrons. The molecule has 158 valence electrons. The van der Waals surface area contributed by atoms with Crippen LogP contribution in [0.2, 0.25) is 0 Å². The first-order valence-corrected chi connectivity index (χ1v) is 10.6. The first-order valence-electron chi connectivity index (χ1n) is 10.6. The van der Waals surface area contributed by atoms with Crippen molar-refractivity contribution in [2.75, 3.05) is 31.1 Å². The molecule has 30 heavy (non-hydrogen) atoms. The lowest BCUT2D eigenvalue weighted by Crippen LogP contribution is -2.54. The van der Waals surface area contributed by atoms with E-state index in [0.29, 0.717) is 12.6 Å². The predicted molar refractivity (Wildman–Crippen MR) is 118 cm³/mol. The second kappa shape index (κ2) is 9.56. The van der Waals surface area contributed by atoms with Gasteiger partial charge in [0.2, 0.25) is 0 Å². The summed E-state index contributed by atoms with van der Waals surface area (Å²) in [6.45, 7) is 4.08. The van der Waals surface area contributed by atoms with Gasteiger partial charge >= 0.3 is 0 Å². The van der Waals surface area contributed by atoms with Crippen molar-refractivity contribution in [3.8, 4) is 0 Å². The molecule has 1 saturated carbocycles. The van der Waals surface area contributed by atoms with Crippen LogP contribution >= 0.6 is 0 Å². The van der Waals surface area contributed by atoms with Gasteiger partial charge in [-0.2, -0.15) is 0 Å². The first kappa shape index (κ1) is 20.1. The fraction of sp³-hybridized carbons (Fsp3) is 0.455. The summed E-state index contributed by atoms with van der Waals surface area (Å²) in [5.74, 6) is 1.96. The van der Waals surface area contributed by atoms with E-state index in [1.807, 2.05) is 18.3 Å². The van der Waals surface area contributed by atoms with Crippen molar-refractivity contribution in [1.82, 2.24) is 15.2 Å². The Kier molecular flexibility index (Phi) is 6.41. The van der Waals surface area contributed by atoms with Crippen molar-refractivity contribution in [2.24, 2.45) is 4.99 Å². The lowest BCUT2D eigenvalue weighted by molar-refractivity contribution is -0.384. The highest BCUT2D eigenvalue weighted by Gasteiger charge is 2.23. The molecule has 2 fully saturated rings. The minimum Gasteiger partial charge on any atom is -0.353 e. The number of aliphatic imine (C=N–C) groups is 1. The average molecular weight is 409 g/mol. The van der Waals surface area contributed by atoms with E-state index in [1.165, 1.54) is 25.7 Å². The fourth-order valence-electron chi connectivity index (χ4n) is 4.07. The number of benzene rings is 1. The Hall–Kier alpha value is -3.16. The van der Waals surface area contributed by atoms with Gasteiger partial charge in [0.1, 0.15) is 5.82 Å². The smallest absolute Gasteiger partial charge is 0.269 e. The number of piperazine rings is 1. The number of guanidine groups is 1. The van der Waals surface area contributed by atoms with Crippen LogP contribution < -0.4 is 10.2 Å². The summed E-state index contributed by atoms with van der Waals surface area (Å²) in [6, 6.07) is 13.1. The van der Waals surface area contributed by atoms with Gasteiger partial charge in [-0.05, 0) is 30.5 Å². The number of pyridine rings is 1. The lowest BCUT2D eigenvalue weighted by Gasteiger charge is -2.37. The molecule has 0 unspecified atom stereocenters. The number of aromatic nitrogens is 1. The molecular weight excluding hydrogens is 380 g/mol. The summed E-state index contributed by atoms with van der Waals surface area (Å²) >= 11 is 0. The monoisotopic (exact) mass is 408 g/mol. The average Bonchev–Trinajstić information content (AvgIpc) is 3.31. The van der Waals surface area contributed by atoms with E-state index in [9.17, 15) is 10.1 Å². The van der Waals surface area contributed by atoms with E-state index >= 15 is 0 Å². The van der Waals surface area contributed by atoms with E-state index in [4.69, 9.17) is 4.99 Å². The Morgan fingerprint density at radius 3 is 2.47 bits per heavy atom. The molecule has 1 aromatic heterocycles. The van der Waals surface area contributed by atoms with E-state index in [1.54, 1.807) is 24.3 Å². The van der Waals surface area contributed by atoms with Gasteiger partial charge in [-0.3, -0.25) is 10.1 Å². The largest absolute Gasteiger partial charge is 0.353 e. The third-order valence-electron chi connectivity index (χ3n) is 5.80. The molecular formula is C22H28N6O2. The van der Waals surface area contributed by atoms with Gasteiger partial charge < -0.3 is 15.1 Å². The molecule has 8 nitrogen and oxygen atoms in total. The number of rotatable bonds is 5. The van der Waals surface area contributed by atoms with Crippen LogP contribution in [0.4, 0.5) is 11.5 Å². The van der Waals surface area contributed by atoms with Crippen LogP contribution in [-0.4, -0.2) is 53.0 Å². The Labute approximate surface area is 176 Å². The van der Waals surface area contributed by atoms with Gasteiger partial charge in [0, 0.05) is 50.6 Å². The van der Waals surface area contributed by atoms with Crippen LogP contribution in [0.15, 0.2) is 53.7 Å². The molecule has 8 heteroatoms. The molecule has 1 saturated heterocycles. The number of anilines is 1. The van der Waals surface area contributed by atoms with Gasteiger partial charge in [-0.15, -0.1) is 0 Å². The summed E-state index contributed by atoms with van der Waals surface area (Å²) in [5.41, 5.74) is 1.08. The van der Waals surface area contributed by atoms with Gasteiger partial charge in [0.25, 0.3) is 5.69 Å². The standard InChI is InChI=1S/C22H28N6O2/c29-28(30)20-10-8-18(9-11-20)17-24-22(25-19-5-1-2-6-19)27-15-13-26(14-16-27)21-7-3-4-12-23-21/h3-4,7-12,19H,1-2,5-6,13-17H2,(H,24,25). The predicted octanol–water partition coefficient (Wildman–Crippen LogP) is 3.20. The topological polar surface area (TPSA) is 86.9 Å². The van der Waals surface area contributed by atoms with Crippen molar-refractivity contribution in [3.05, 3.63) is 64.3 Å². The van der Waals surface area contributed by atoms with E-state index in [0.717, 1.165) is 43.5 Å². The molecule has 2 heterocycles. The van der Waals surface area contributed by atoms with Gasteiger partial charge in [-0.1, -0.05) is 31.0 Å². The summed E-state index contributed by atoms with van der Waals surface area (Å²) in [6.07, 6.45) is 6.73. The normalized spacial score (nSPS) is 17.9. The quantitative estimate of drug-likeness (QED) is 0.354. The van der Waals surface area contributed by atoms with Crippen LogP contribution in [-0.2, 0) is 6.54 Å². The van der Waals surface area contributed by atoms with Crippen molar-refractivity contribution in [2.45, 2.75) is 38.3 Å². The molecule has 0 amide bonds. The van der Waals surface area contributed by atoms with Crippen molar-refractivity contribution >= 4 is 17.5 Å². The SMILES string of the molecule is O=[N+]([O-])c1ccc(CN=C(NC2CCCC2)N2CCN(c3ccccn3)CC2)cc1. The van der Waals surface area contributed by atoms with E-state index in [2.05, 4.69) is 26.2 Å². The molecule has 0 spiro atoms. The number of nitrogens with zero attached hydrogens (tertiary/aromatic N) is 5. The Balaban J connectivity index is 1.43. The maximum absolute atomic E-state index is 10.9. The molecule has 1 N–H and O–H groups in total. The Morgan fingerprint density at radius 1 is 1.10 bits per heavy atom. The van der Waals surface area contributed by atoms with E-state index in [-0.39, 0.29) is 10.6 Å². The third kappa shape index (κ3) is 5.06. The zero-order valence-corrected chi connectivity index (χ0v) is 17.1. The summed E-state index contributed by atoms with van der Waals surface area (Å²) in [4.78, 5) is 24.5. The van der Waals surface area contributed by atoms with Crippen molar-refractivity contribution in [1.29, 1.82) is 0 Å². The highest BCUT2D eigenvalue weighted by molar-refractivity contribution is 5.80. The number of non-ortho nitro benzene ring substituents is 1. The molecule has 0 bridgehead atoms. The summed E-state index contributed by atoms with van der Waals surface area (Å²) < 4.78 is 0. The van der Waals surface area contributed by atoms with Crippen LogP contribution in [0.1, 0.15) is 31.2 Å². The Bertz CT molecular complexity index is 857. The molecule has 0 atom stereocenters. The fourth-order valence-corrected chi connectivity index (χ4v) is 4.07. The highest BCUT2D eigenvalue weighted by atomic mass is 16.6. The third-order valence-corrected chi connectivity index (χ3v) is 5.80. The maximum Gasteiger partial charge on any atom is 0.269 e. The number of hydrogen-bond donors (Lipinski definition) is 1. The molecule has 2 aliphatic rings. The summed E-state index contributed by atoms with van der Waals surface area (Å²) in [7, 11) is 0. The minimum absolute atomic E-state index is 0.109. The second-order valence-corrected chi connectivity index (χ2v) is 7.85. The Morgan fingerprint density at radius 2 is 1.83 bits per heavy atom. The molecule has 1 aliphatic carbocycles. The lowest BCUT2D eigenvalue weighted by atomic mass is 10.2. The zero-order chi connectivity index (χ0) is 20.8. The number of nitro groups is 1. The number of hydrogen-bond acceptors (Lipinski definition) is 5. The van der Waals surface area contributed by atoms with E-state index < -0.39 is 0 Å². The number of nitrogens with one attached hydrogen (secondary N) is 1. The van der Waals surface area contributed by atoms with Crippen molar-refractivity contribution in [3.63, 3.8) is 0 Å². The van der Waals surface area contributed by atoms with Gasteiger partial charge in [-0.25, -0.2) is 9.98 Å². The summed E-state index contributed by atoms with van der Waals surface area (Å²) in [5, 5.41) is 14.5. The van der Waals surface area contributed by atoms with Crippen LogP contribution in [0.5, 0.6) is 0 Å². The van der Waals surface area contributed by atoms with Gasteiger partial charge in [0.05, 0.1) is 11.5 Å². The second-order valence-electron chi connectivity index (χ2n) is 7.85. The minimum atomic E-state index is -0.374. The molecule has 1 aromatic carbocycles. The molecule has 2 aromatic rings. The number of nitro benzene ring substituents is 1.